The predicted octanol–water partition coefficient (Wildman–Crippen LogP) is 3.33. The second-order valence-corrected chi connectivity index (χ2v) is 6.58. The summed E-state index contributed by atoms with van der Waals surface area (Å²) < 4.78 is 0. The molecule has 0 bridgehead atoms. The maximum absolute atomic E-state index is 6.02. The molecule has 1 heterocycles. The third-order valence-electron chi connectivity index (χ3n) is 3.77. The smallest absolute Gasteiger partial charge is 0.0234 e. The Hall–Kier alpha value is -0.570. The lowest BCUT2D eigenvalue weighted by molar-refractivity contribution is 0.201. The van der Waals surface area contributed by atoms with Gasteiger partial charge in [0.1, 0.15) is 0 Å². The number of likely N-dealkylation sites (tertiary alicyclic amines) is 1. The average molecular weight is 283 g/mol. The van der Waals surface area contributed by atoms with E-state index < -0.39 is 0 Å². The maximum atomic E-state index is 6.02. The molecule has 2 N–H and O–H groups in total. The van der Waals surface area contributed by atoms with Crippen molar-refractivity contribution >= 4 is 12.4 Å². The molecule has 2 rings (SSSR count). The van der Waals surface area contributed by atoms with Crippen LogP contribution in [0.2, 0.25) is 0 Å². The molecule has 19 heavy (non-hydrogen) atoms. The van der Waals surface area contributed by atoms with E-state index >= 15 is 0 Å². The van der Waals surface area contributed by atoms with Crippen LogP contribution in [0.3, 0.4) is 0 Å². The van der Waals surface area contributed by atoms with Gasteiger partial charge >= 0.3 is 0 Å². The molecule has 0 spiro atoms. The Balaban J connectivity index is 0.00000180. The number of hydrogen-bond donors (Lipinski definition) is 1. The Morgan fingerprint density at radius 2 is 1.84 bits per heavy atom. The normalized spacial score (nSPS) is 20.9. The fraction of sp³-hybridized carbons (Fsp3) is 0.625. The fourth-order valence-electron chi connectivity index (χ4n) is 2.60. The van der Waals surface area contributed by atoms with E-state index in [9.17, 15) is 0 Å². The van der Waals surface area contributed by atoms with E-state index in [1.807, 2.05) is 0 Å². The van der Waals surface area contributed by atoms with E-state index in [2.05, 4.69) is 49.9 Å². The van der Waals surface area contributed by atoms with Crippen molar-refractivity contribution in [3.05, 3.63) is 35.4 Å². The van der Waals surface area contributed by atoms with Crippen LogP contribution in [0.4, 0.5) is 0 Å². The van der Waals surface area contributed by atoms with Gasteiger partial charge < -0.3 is 5.73 Å². The van der Waals surface area contributed by atoms with Crippen molar-refractivity contribution in [2.45, 2.75) is 51.6 Å². The molecule has 0 amide bonds. The van der Waals surface area contributed by atoms with Crippen molar-refractivity contribution < 1.29 is 0 Å². The Labute approximate surface area is 123 Å². The first-order valence-corrected chi connectivity index (χ1v) is 7.02. The van der Waals surface area contributed by atoms with Gasteiger partial charge in [0, 0.05) is 19.1 Å². The number of benzene rings is 1. The van der Waals surface area contributed by atoms with Crippen molar-refractivity contribution in [2.75, 3.05) is 13.1 Å². The third-order valence-corrected chi connectivity index (χ3v) is 3.77. The molecule has 1 atom stereocenters. The minimum absolute atomic E-state index is 0. The molecule has 1 fully saturated rings. The van der Waals surface area contributed by atoms with Crippen LogP contribution in [0.5, 0.6) is 0 Å². The van der Waals surface area contributed by atoms with Gasteiger partial charge in [0.2, 0.25) is 0 Å². The van der Waals surface area contributed by atoms with Crippen molar-refractivity contribution in [1.82, 2.24) is 4.90 Å². The zero-order valence-corrected chi connectivity index (χ0v) is 13.2. The molecular formula is C16H27ClN2. The lowest BCUT2D eigenvalue weighted by Crippen LogP contribution is -2.42. The molecule has 1 saturated heterocycles. The molecule has 3 heteroatoms. The molecule has 2 nitrogen and oxygen atoms in total. The van der Waals surface area contributed by atoms with Crippen LogP contribution in [-0.4, -0.2) is 24.0 Å². The van der Waals surface area contributed by atoms with E-state index in [1.54, 1.807) is 0 Å². The highest BCUT2D eigenvalue weighted by Gasteiger charge is 2.17. The van der Waals surface area contributed by atoms with Gasteiger partial charge in [-0.3, -0.25) is 4.90 Å². The van der Waals surface area contributed by atoms with Crippen molar-refractivity contribution in [2.24, 2.45) is 5.73 Å². The van der Waals surface area contributed by atoms with E-state index in [4.69, 9.17) is 5.73 Å². The molecule has 108 valence electrons. The van der Waals surface area contributed by atoms with Crippen molar-refractivity contribution in [3.63, 3.8) is 0 Å². The summed E-state index contributed by atoms with van der Waals surface area (Å²) >= 11 is 0. The second-order valence-electron chi connectivity index (χ2n) is 6.58. The minimum Gasteiger partial charge on any atom is -0.327 e. The van der Waals surface area contributed by atoms with Gasteiger partial charge in [-0.1, -0.05) is 45.0 Å². The van der Waals surface area contributed by atoms with E-state index in [0.717, 1.165) is 13.1 Å². The highest BCUT2D eigenvalue weighted by molar-refractivity contribution is 5.85. The zero-order valence-electron chi connectivity index (χ0n) is 12.4. The molecule has 1 aromatic rings. The molecule has 1 aromatic carbocycles. The van der Waals surface area contributed by atoms with Gasteiger partial charge in [0.05, 0.1) is 0 Å². The monoisotopic (exact) mass is 282 g/mol. The van der Waals surface area contributed by atoms with Gasteiger partial charge in [-0.15, -0.1) is 12.4 Å². The Morgan fingerprint density at radius 1 is 1.21 bits per heavy atom. The Bertz CT molecular complexity index is 381. The number of nitrogens with zero attached hydrogens (tertiary/aromatic N) is 1. The molecule has 0 aliphatic carbocycles. The summed E-state index contributed by atoms with van der Waals surface area (Å²) in [6.07, 6.45) is 2.42. The number of piperidine rings is 1. The molecule has 0 unspecified atom stereocenters. The number of halogens is 1. The van der Waals surface area contributed by atoms with Gasteiger partial charge in [0.25, 0.3) is 0 Å². The van der Waals surface area contributed by atoms with E-state index in [0.29, 0.717) is 6.04 Å². The van der Waals surface area contributed by atoms with Crippen LogP contribution < -0.4 is 5.73 Å². The SMILES string of the molecule is CC(C)(C)c1ccc(CN2CCC[C@@H](N)C2)cc1.Cl. The lowest BCUT2D eigenvalue weighted by Gasteiger charge is -2.30. The average Bonchev–Trinajstić information content (AvgIpc) is 2.28. The van der Waals surface area contributed by atoms with Gasteiger partial charge in [0.15, 0.2) is 0 Å². The van der Waals surface area contributed by atoms with Crippen LogP contribution in [0.1, 0.15) is 44.7 Å². The van der Waals surface area contributed by atoms with E-state index in [1.165, 1.54) is 30.5 Å². The maximum Gasteiger partial charge on any atom is 0.0234 e. The molecule has 1 aliphatic rings. The van der Waals surface area contributed by atoms with Crippen LogP contribution in [-0.2, 0) is 12.0 Å². The van der Waals surface area contributed by atoms with Crippen LogP contribution in [0.15, 0.2) is 24.3 Å². The van der Waals surface area contributed by atoms with Crippen molar-refractivity contribution in [3.8, 4) is 0 Å². The summed E-state index contributed by atoms with van der Waals surface area (Å²) in [4.78, 5) is 2.47. The van der Waals surface area contributed by atoms with Gasteiger partial charge in [-0.25, -0.2) is 0 Å². The lowest BCUT2D eigenvalue weighted by atomic mass is 9.86. The predicted molar refractivity (Wildman–Crippen MR) is 84.9 cm³/mol. The first-order chi connectivity index (χ1) is 8.45. The summed E-state index contributed by atoms with van der Waals surface area (Å²) in [5.41, 5.74) is 9.06. The van der Waals surface area contributed by atoms with Crippen LogP contribution >= 0.6 is 12.4 Å². The Morgan fingerprint density at radius 3 is 2.37 bits per heavy atom. The van der Waals surface area contributed by atoms with Gasteiger partial charge in [-0.2, -0.15) is 0 Å². The molecule has 0 radical (unpaired) electrons. The van der Waals surface area contributed by atoms with Crippen molar-refractivity contribution in [1.29, 1.82) is 0 Å². The molecule has 0 saturated carbocycles. The summed E-state index contributed by atoms with van der Waals surface area (Å²) in [6, 6.07) is 9.42. The topological polar surface area (TPSA) is 29.3 Å². The number of nitrogens with two attached hydrogens (primary N) is 1. The zero-order chi connectivity index (χ0) is 13.2. The molecular weight excluding hydrogens is 256 g/mol. The second kappa shape index (κ2) is 6.74. The number of hydrogen-bond acceptors (Lipinski definition) is 2. The van der Waals surface area contributed by atoms with E-state index in [-0.39, 0.29) is 17.8 Å². The highest BCUT2D eigenvalue weighted by Crippen LogP contribution is 2.22. The summed E-state index contributed by atoms with van der Waals surface area (Å²) in [5.74, 6) is 0. The van der Waals surface area contributed by atoms with Crippen LogP contribution in [0, 0.1) is 0 Å². The standard InChI is InChI=1S/C16H26N2.ClH/c1-16(2,3)14-8-6-13(7-9-14)11-18-10-4-5-15(17)12-18;/h6-9,15H,4-5,10-12,17H2,1-3H3;1H/t15-;/m1./s1. The summed E-state index contributed by atoms with van der Waals surface area (Å²) in [7, 11) is 0. The third kappa shape index (κ3) is 4.79. The van der Waals surface area contributed by atoms with Crippen LogP contribution in [0.25, 0.3) is 0 Å². The fourth-order valence-corrected chi connectivity index (χ4v) is 2.60. The first kappa shape index (κ1) is 16.5. The minimum atomic E-state index is 0. The van der Waals surface area contributed by atoms with Gasteiger partial charge in [-0.05, 0) is 35.9 Å². The quantitative estimate of drug-likeness (QED) is 0.902. The highest BCUT2D eigenvalue weighted by atomic mass is 35.5. The molecule has 0 aromatic heterocycles. The molecule has 1 aliphatic heterocycles. The number of rotatable bonds is 2. The summed E-state index contributed by atoms with van der Waals surface area (Å²) in [6.45, 7) is 10.0. The first-order valence-electron chi connectivity index (χ1n) is 7.02. The summed E-state index contributed by atoms with van der Waals surface area (Å²) in [5, 5.41) is 0. The Kier molecular flexibility index (Phi) is 5.84. The largest absolute Gasteiger partial charge is 0.327 e.